The van der Waals surface area contributed by atoms with Crippen molar-refractivity contribution in [3.8, 4) is 0 Å². The maximum absolute atomic E-state index is 11.7. The van der Waals surface area contributed by atoms with Crippen molar-refractivity contribution in [2.75, 3.05) is 18.1 Å². The number of sulfone groups is 1. The summed E-state index contributed by atoms with van der Waals surface area (Å²) in [6.45, 7) is -0.0485. The standard InChI is InChI=1S/C13H16ClNO5S/c14-10-4-2-1-3-9(10)5-20-6-13(17)15-11-7-21(18,19)8-12(11)16/h1-4,11-12,16H,5-8H2,(H,15,17)/t11-,12-/m1/s1. The average Bonchev–Trinajstić information content (AvgIpc) is 2.64. The molecule has 116 valence electrons. The third-order valence-corrected chi connectivity index (χ3v) is 5.20. The summed E-state index contributed by atoms with van der Waals surface area (Å²) in [5, 5.41) is 12.6. The van der Waals surface area contributed by atoms with Crippen LogP contribution in [0.2, 0.25) is 5.02 Å². The lowest BCUT2D eigenvalue weighted by molar-refractivity contribution is -0.127. The second-order valence-electron chi connectivity index (χ2n) is 4.90. The average molecular weight is 334 g/mol. The van der Waals surface area contributed by atoms with Gasteiger partial charge in [-0.15, -0.1) is 0 Å². The highest BCUT2D eigenvalue weighted by molar-refractivity contribution is 7.91. The van der Waals surface area contributed by atoms with Crippen LogP contribution in [0.15, 0.2) is 24.3 Å². The summed E-state index contributed by atoms with van der Waals surface area (Å²) in [4.78, 5) is 11.7. The highest BCUT2D eigenvalue weighted by Crippen LogP contribution is 2.15. The minimum absolute atomic E-state index is 0.179. The lowest BCUT2D eigenvalue weighted by atomic mass is 10.2. The number of hydrogen-bond acceptors (Lipinski definition) is 5. The predicted octanol–water partition coefficient (Wildman–Crippen LogP) is 0.131. The van der Waals surface area contributed by atoms with Gasteiger partial charge < -0.3 is 15.2 Å². The second kappa shape index (κ2) is 6.74. The van der Waals surface area contributed by atoms with Crippen molar-refractivity contribution in [3.63, 3.8) is 0 Å². The fourth-order valence-corrected chi connectivity index (χ4v) is 4.02. The molecule has 0 bridgehead atoms. The molecule has 0 radical (unpaired) electrons. The van der Waals surface area contributed by atoms with Crippen molar-refractivity contribution in [2.45, 2.75) is 18.8 Å². The molecular formula is C13H16ClNO5S. The van der Waals surface area contributed by atoms with Crippen LogP contribution in [0.3, 0.4) is 0 Å². The molecule has 1 aromatic rings. The first-order valence-corrected chi connectivity index (χ1v) is 8.56. The molecule has 0 saturated carbocycles. The first-order chi connectivity index (χ1) is 9.87. The van der Waals surface area contributed by atoms with Crippen molar-refractivity contribution < 1.29 is 23.1 Å². The molecule has 6 nitrogen and oxygen atoms in total. The number of rotatable bonds is 5. The number of amides is 1. The number of carbonyl (C=O) groups excluding carboxylic acids is 1. The summed E-state index contributed by atoms with van der Waals surface area (Å²) in [6, 6.07) is 6.34. The molecule has 1 heterocycles. The Bertz CT molecular complexity index is 619. The highest BCUT2D eigenvalue weighted by Gasteiger charge is 2.37. The van der Waals surface area contributed by atoms with Gasteiger partial charge in [-0.25, -0.2) is 8.42 Å². The molecule has 8 heteroatoms. The Kier molecular flexibility index (Phi) is 5.21. The van der Waals surface area contributed by atoms with E-state index in [2.05, 4.69) is 5.32 Å². The molecule has 1 aliphatic rings. The molecular weight excluding hydrogens is 318 g/mol. The molecule has 2 atom stereocenters. The summed E-state index contributed by atoms with van der Waals surface area (Å²) in [6.07, 6.45) is -1.07. The largest absolute Gasteiger partial charge is 0.390 e. The van der Waals surface area contributed by atoms with Crippen LogP contribution >= 0.6 is 11.6 Å². The second-order valence-corrected chi connectivity index (χ2v) is 7.46. The Balaban J connectivity index is 1.77. The minimum atomic E-state index is -3.28. The molecule has 0 spiro atoms. The van der Waals surface area contributed by atoms with E-state index in [9.17, 15) is 18.3 Å². The van der Waals surface area contributed by atoms with E-state index in [1.54, 1.807) is 18.2 Å². The highest BCUT2D eigenvalue weighted by atomic mass is 35.5. The Morgan fingerprint density at radius 3 is 2.71 bits per heavy atom. The van der Waals surface area contributed by atoms with Crippen LogP contribution in [0.25, 0.3) is 0 Å². The normalized spacial score (nSPS) is 23.9. The fourth-order valence-electron chi connectivity index (χ4n) is 2.08. The SMILES string of the molecule is O=C(COCc1ccccc1Cl)N[C@@H]1CS(=O)(=O)C[C@H]1O. The van der Waals surface area contributed by atoms with Gasteiger partial charge in [-0.2, -0.15) is 0 Å². The number of ether oxygens (including phenoxy) is 1. The Morgan fingerprint density at radius 1 is 1.38 bits per heavy atom. The number of carbonyl (C=O) groups is 1. The van der Waals surface area contributed by atoms with Gasteiger partial charge in [0.15, 0.2) is 9.84 Å². The maximum Gasteiger partial charge on any atom is 0.246 e. The number of hydrogen-bond donors (Lipinski definition) is 2. The zero-order valence-electron chi connectivity index (χ0n) is 11.2. The van der Waals surface area contributed by atoms with E-state index < -0.39 is 27.9 Å². The van der Waals surface area contributed by atoms with Crippen molar-refractivity contribution in [1.29, 1.82) is 0 Å². The van der Waals surface area contributed by atoms with Crippen LogP contribution in [0.5, 0.6) is 0 Å². The van der Waals surface area contributed by atoms with Gasteiger partial charge in [0.1, 0.15) is 6.61 Å². The van der Waals surface area contributed by atoms with Crippen LogP contribution in [0, 0.1) is 0 Å². The summed E-state index contributed by atoms with van der Waals surface area (Å²) in [7, 11) is -3.28. The predicted molar refractivity (Wildman–Crippen MR) is 77.7 cm³/mol. The van der Waals surface area contributed by atoms with Gasteiger partial charge in [-0.05, 0) is 11.6 Å². The number of aliphatic hydroxyl groups excluding tert-OH is 1. The van der Waals surface area contributed by atoms with Gasteiger partial charge in [-0.3, -0.25) is 4.79 Å². The molecule has 0 aromatic heterocycles. The molecule has 2 rings (SSSR count). The molecule has 21 heavy (non-hydrogen) atoms. The number of halogens is 1. The number of nitrogens with one attached hydrogen (secondary N) is 1. The van der Waals surface area contributed by atoms with Crippen LogP contribution < -0.4 is 5.32 Å². The first kappa shape index (κ1) is 16.2. The summed E-state index contributed by atoms with van der Waals surface area (Å²) >= 11 is 5.95. The zero-order chi connectivity index (χ0) is 15.5. The lowest BCUT2D eigenvalue weighted by Gasteiger charge is -2.15. The molecule has 0 aliphatic carbocycles. The zero-order valence-corrected chi connectivity index (χ0v) is 12.7. The van der Waals surface area contributed by atoms with E-state index in [0.29, 0.717) is 5.02 Å². The minimum Gasteiger partial charge on any atom is -0.390 e. The van der Waals surface area contributed by atoms with Gasteiger partial charge >= 0.3 is 0 Å². The fraction of sp³-hybridized carbons (Fsp3) is 0.462. The summed E-state index contributed by atoms with van der Waals surface area (Å²) in [5.74, 6) is -1.04. The van der Waals surface area contributed by atoms with Crippen molar-refractivity contribution in [2.24, 2.45) is 0 Å². The van der Waals surface area contributed by atoms with E-state index >= 15 is 0 Å². The molecule has 1 saturated heterocycles. The Labute approximate surface area is 128 Å². The van der Waals surface area contributed by atoms with E-state index in [4.69, 9.17) is 16.3 Å². The Morgan fingerprint density at radius 2 is 2.10 bits per heavy atom. The van der Waals surface area contributed by atoms with Gasteiger partial charge in [0.2, 0.25) is 5.91 Å². The van der Waals surface area contributed by atoms with Gasteiger partial charge in [-0.1, -0.05) is 29.8 Å². The molecule has 1 fully saturated rings. The van der Waals surface area contributed by atoms with Gasteiger partial charge in [0.05, 0.1) is 30.3 Å². The smallest absolute Gasteiger partial charge is 0.246 e. The molecule has 1 aliphatic heterocycles. The quantitative estimate of drug-likeness (QED) is 0.799. The lowest BCUT2D eigenvalue weighted by Crippen LogP contribution is -2.44. The van der Waals surface area contributed by atoms with Gasteiger partial charge in [0.25, 0.3) is 0 Å². The van der Waals surface area contributed by atoms with Crippen LogP contribution in [-0.2, 0) is 26.0 Å². The summed E-state index contributed by atoms with van der Waals surface area (Å²) in [5.41, 5.74) is 0.760. The number of aliphatic hydroxyl groups is 1. The number of benzene rings is 1. The monoisotopic (exact) mass is 333 g/mol. The summed E-state index contributed by atoms with van der Waals surface area (Å²) < 4.78 is 27.9. The van der Waals surface area contributed by atoms with E-state index in [-0.39, 0.29) is 24.7 Å². The third-order valence-electron chi connectivity index (χ3n) is 3.12. The molecule has 1 amide bonds. The van der Waals surface area contributed by atoms with Crippen LogP contribution in [0.1, 0.15) is 5.56 Å². The third kappa shape index (κ3) is 4.67. The van der Waals surface area contributed by atoms with Crippen molar-refractivity contribution in [3.05, 3.63) is 34.9 Å². The van der Waals surface area contributed by atoms with Crippen molar-refractivity contribution >= 4 is 27.3 Å². The van der Waals surface area contributed by atoms with E-state index in [0.717, 1.165) is 5.56 Å². The van der Waals surface area contributed by atoms with Crippen molar-refractivity contribution in [1.82, 2.24) is 5.32 Å². The maximum atomic E-state index is 11.7. The first-order valence-electron chi connectivity index (χ1n) is 6.36. The van der Waals surface area contributed by atoms with Crippen LogP contribution in [0.4, 0.5) is 0 Å². The molecule has 0 unspecified atom stereocenters. The topological polar surface area (TPSA) is 92.7 Å². The van der Waals surface area contributed by atoms with E-state index in [1.807, 2.05) is 6.07 Å². The van der Waals surface area contributed by atoms with Gasteiger partial charge in [0, 0.05) is 5.02 Å². The molecule has 2 N–H and O–H groups in total. The van der Waals surface area contributed by atoms with Crippen LogP contribution in [-0.4, -0.2) is 49.7 Å². The van der Waals surface area contributed by atoms with E-state index in [1.165, 1.54) is 0 Å². The molecule has 1 aromatic carbocycles. The Hall–Kier alpha value is -1.15.